The summed E-state index contributed by atoms with van der Waals surface area (Å²) in [5, 5.41) is 4.92. The number of nitrogens with zero attached hydrogens (tertiary/aromatic N) is 3. The van der Waals surface area contributed by atoms with Crippen molar-refractivity contribution in [2.45, 2.75) is 26.0 Å². The van der Waals surface area contributed by atoms with Crippen LogP contribution in [0, 0.1) is 13.8 Å². The van der Waals surface area contributed by atoms with Gasteiger partial charge in [0.15, 0.2) is 0 Å². The lowest BCUT2D eigenvalue weighted by Gasteiger charge is -2.11. The molecular weight excluding hydrogens is 414 g/mol. The molecule has 0 aliphatic carbocycles. The molecule has 1 aromatic carbocycles. The molecule has 0 saturated carbocycles. The Hall–Kier alpha value is -3.33. The van der Waals surface area contributed by atoms with E-state index in [-0.39, 0.29) is 28.8 Å². The fourth-order valence-corrected chi connectivity index (χ4v) is 3.68. The number of rotatable bonds is 7. The molecule has 2 heterocycles. The molecule has 0 aliphatic heterocycles. The standard InChI is InChI=1S/C22H25N5O3S/c1-14-10-11-23-18(12-14)24-19(28)13-31-16(3)21(29)25-20-15(2)26(4)27(22(20)30)17-8-6-5-7-9-17/h5-12,16H,13H2,1-4H3,(H,25,29)(H,23,24,28). The number of para-hydroxylation sites is 1. The normalized spacial score (nSPS) is 11.7. The van der Waals surface area contributed by atoms with E-state index < -0.39 is 5.25 Å². The molecule has 0 bridgehead atoms. The molecule has 31 heavy (non-hydrogen) atoms. The molecule has 0 aliphatic rings. The Balaban J connectivity index is 1.63. The Morgan fingerprint density at radius 3 is 2.52 bits per heavy atom. The van der Waals surface area contributed by atoms with Crippen LogP contribution in [0.1, 0.15) is 18.2 Å². The van der Waals surface area contributed by atoms with Gasteiger partial charge in [0.05, 0.1) is 22.4 Å². The maximum Gasteiger partial charge on any atom is 0.295 e. The fraction of sp³-hybridized carbons (Fsp3) is 0.273. The lowest BCUT2D eigenvalue weighted by molar-refractivity contribution is -0.115. The summed E-state index contributed by atoms with van der Waals surface area (Å²) < 4.78 is 3.21. The van der Waals surface area contributed by atoms with Gasteiger partial charge < -0.3 is 10.6 Å². The van der Waals surface area contributed by atoms with Crippen LogP contribution in [-0.2, 0) is 16.6 Å². The third-order valence-electron chi connectivity index (χ3n) is 4.82. The van der Waals surface area contributed by atoms with E-state index in [1.807, 2.05) is 43.3 Å². The van der Waals surface area contributed by atoms with Gasteiger partial charge in [-0.1, -0.05) is 18.2 Å². The molecule has 9 heteroatoms. The van der Waals surface area contributed by atoms with Crippen molar-refractivity contribution in [1.29, 1.82) is 0 Å². The maximum atomic E-state index is 12.9. The molecule has 0 spiro atoms. The number of hydrogen-bond acceptors (Lipinski definition) is 5. The van der Waals surface area contributed by atoms with Crippen molar-refractivity contribution < 1.29 is 9.59 Å². The van der Waals surface area contributed by atoms with Gasteiger partial charge in [0.2, 0.25) is 11.8 Å². The van der Waals surface area contributed by atoms with Gasteiger partial charge >= 0.3 is 0 Å². The Morgan fingerprint density at radius 1 is 1.13 bits per heavy atom. The van der Waals surface area contributed by atoms with Crippen LogP contribution < -0.4 is 16.2 Å². The molecular formula is C22H25N5O3S. The van der Waals surface area contributed by atoms with Crippen LogP contribution in [0.15, 0.2) is 53.5 Å². The summed E-state index contributed by atoms with van der Waals surface area (Å²) in [6.07, 6.45) is 1.62. The van der Waals surface area contributed by atoms with E-state index in [1.54, 1.807) is 37.8 Å². The average molecular weight is 440 g/mol. The number of pyridine rings is 1. The second-order valence-electron chi connectivity index (χ2n) is 7.15. The summed E-state index contributed by atoms with van der Waals surface area (Å²) in [5.41, 5.74) is 2.27. The first-order valence-corrected chi connectivity index (χ1v) is 10.8. The Kier molecular flexibility index (Phi) is 6.96. The second-order valence-corrected chi connectivity index (χ2v) is 8.47. The number of nitrogens with one attached hydrogen (secondary N) is 2. The van der Waals surface area contributed by atoms with Crippen LogP contribution in [0.5, 0.6) is 0 Å². The highest BCUT2D eigenvalue weighted by atomic mass is 32.2. The first-order valence-electron chi connectivity index (χ1n) is 9.77. The topological polar surface area (TPSA) is 98.0 Å². The summed E-state index contributed by atoms with van der Waals surface area (Å²) in [7, 11) is 1.77. The lowest BCUT2D eigenvalue weighted by Crippen LogP contribution is -2.28. The minimum Gasteiger partial charge on any atom is -0.319 e. The minimum atomic E-state index is -0.527. The summed E-state index contributed by atoms with van der Waals surface area (Å²) >= 11 is 1.19. The molecule has 1 unspecified atom stereocenters. The summed E-state index contributed by atoms with van der Waals surface area (Å²) in [6, 6.07) is 12.8. The number of aromatic nitrogens is 3. The van der Waals surface area contributed by atoms with E-state index in [9.17, 15) is 14.4 Å². The first-order chi connectivity index (χ1) is 14.8. The van der Waals surface area contributed by atoms with Crippen molar-refractivity contribution in [2.24, 2.45) is 7.05 Å². The average Bonchev–Trinajstić information content (AvgIpc) is 2.95. The van der Waals surface area contributed by atoms with Gasteiger partial charge in [0.25, 0.3) is 5.56 Å². The van der Waals surface area contributed by atoms with Crippen molar-refractivity contribution >= 4 is 35.1 Å². The summed E-state index contributed by atoms with van der Waals surface area (Å²) in [4.78, 5) is 41.8. The van der Waals surface area contributed by atoms with Crippen LogP contribution in [0.3, 0.4) is 0 Å². The number of benzene rings is 1. The summed E-state index contributed by atoms with van der Waals surface area (Å²) in [5.74, 6) is -0.0154. The number of carbonyl (C=O) groups excluding carboxylic acids is 2. The van der Waals surface area contributed by atoms with Gasteiger partial charge in [-0.3, -0.25) is 19.1 Å². The van der Waals surface area contributed by atoms with Crippen LogP contribution in [-0.4, -0.2) is 37.2 Å². The van der Waals surface area contributed by atoms with Gasteiger partial charge in [0.1, 0.15) is 11.5 Å². The SMILES string of the molecule is Cc1ccnc(NC(=O)CSC(C)C(=O)Nc2c(C)n(C)n(-c3ccccc3)c2=O)c1. The monoisotopic (exact) mass is 439 g/mol. The van der Waals surface area contributed by atoms with Gasteiger partial charge in [-0.05, 0) is 50.6 Å². The number of carbonyl (C=O) groups is 2. The first kappa shape index (κ1) is 22.4. The van der Waals surface area contributed by atoms with E-state index in [4.69, 9.17) is 0 Å². The molecule has 3 rings (SSSR count). The predicted molar refractivity (Wildman–Crippen MR) is 124 cm³/mol. The van der Waals surface area contributed by atoms with E-state index in [0.29, 0.717) is 17.2 Å². The fourth-order valence-electron chi connectivity index (χ4n) is 3.00. The number of hydrogen-bond donors (Lipinski definition) is 2. The smallest absolute Gasteiger partial charge is 0.295 e. The van der Waals surface area contributed by atoms with Gasteiger partial charge in [-0.25, -0.2) is 9.67 Å². The highest BCUT2D eigenvalue weighted by molar-refractivity contribution is 8.01. The number of aryl methyl sites for hydroxylation is 1. The maximum absolute atomic E-state index is 12.9. The number of anilines is 2. The third kappa shape index (κ3) is 5.24. The van der Waals surface area contributed by atoms with E-state index >= 15 is 0 Å². The zero-order valence-electron chi connectivity index (χ0n) is 17.9. The largest absolute Gasteiger partial charge is 0.319 e. The van der Waals surface area contributed by atoms with Gasteiger partial charge in [-0.2, -0.15) is 0 Å². The molecule has 2 N–H and O–H groups in total. The molecule has 2 aromatic heterocycles. The highest BCUT2D eigenvalue weighted by Gasteiger charge is 2.21. The highest BCUT2D eigenvalue weighted by Crippen LogP contribution is 2.17. The molecule has 0 radical (unpaired) electrons. The Morgan fingerprint density at radius 2 is 1.84 bits per heavy atom. The van der Waals surface area contributed by atoms with Crippen molar-refractivity contribution in [3.8, 4) is 5.69 Å². The van der Waals surface area contributed by atoms with Crippen molar-refractivity contribution in [2.75, 3.05) is 16.4 Å². The number of thioether (sulfide) groups is 1. The molecule has 8 nitrogen and oxygen atoms in total. The molecule has 2 amide bonds. The van der Waals surface area contributed by atoms with Gasteiger partial charge in [-0.15, -0.1) is 11.8 Å². The molecule has 0 fully saturated rings. The quantitative estimate of drug-likeness (QED) is 0.590. The van der Waals surface area contributed by atoms with Crippen molar-refractivity contribution in [1.82, 2.24) is 14.3 Å². The molecule has 162 valence electrons. The molecule has 0 saturated heterocycles. The van der Waals surface area contributed by atoms with Crippen LogP contribution in [0.4, 0.5) is 11.5 Å². The number of amides is 2. The second kappa shape index (κ2) is 9.65. The van der Waals surface area contributed by atoms with E-state index in [2.05, 4.69) is 15.6 Å². The van der Waals surface area contributed by atoms with Crippen molar-refractivity contribution in [3.63, 3.8) is 0 Å². The van der Waals surface area contributed by atoms with Crippen LogP contribution in [0.2, 0.25) is 0 Å². The molecule has 3 aromatic rings. The Bertz CT molecular complexity index is 1150. The zero-order chi connectivity index (χ0) is 22.5. The van der Waals surface area contributed by atoms with Crippen molar-refractivity contribution in [3.05, 3.63) is 70.3 Å². The van der Waals surface area contributed by atoms with Crippen LogP contribution >= 0.6 is 11.8 Å². The van der Waals surface area contributed by atoms with Crippen LogP contribution in [0.25, 0.3) is 5.69 Å². The summed E-state index contributed by atoms with van der Waals surface area (Å²) in [6.45, 7) is 5.39. The minimum absolute atomic E-state index is 0.0895. The Labute approximate surface area is 184 Å². The zero-order valence-corrected chi connectivity index (χ0v) is 18.7. The molecule has 1 atom stereocenters. The van der Waals surface area contributed by atoms with E-state index in [1.165, 1.54) is 16.4 Å². The lowest BCUT2D eigenvalue weighted by atomic mass is 10.3. The van der Waals surface area contributed by atoms with Gasteiger partial charge in [0, 0.05) is 13.2 Å². The van der Waals surface area contributed by atoms with E-state index in [0.717, 1.165) is 5.56 Å². The third-order valence-corrected chi connectivity index (χ3v) is 5.96. The predicted octanol–water partition coefficient (Wildman–Crippen LogP) is 2.89.